The van der Waals surface area contributed by atoms with Gasteiger partial charge in [-0.25, -0.2) is 9.97 Å². The molecule has 96 valence electrons. The molecule has 5 nitrogen and oxygen atoms in total. The molecule has 0 saturated heterocycles. The topological polar surface area (TPSA) is 62.7 Å². The number of rotatable bonds is 5. The Morgan fingerprint density at radius 3 is 2.89 bits per heavy atom. The van der Waals surface area contributed by atoms with Gasteiger partial charge in [-0.05, 0) is 22.9 Å². The second-order valence-corrected chi connectivity index (χ2v) is 5.50. The van der Waals surface area contributed by atoms with Gasteiger partial charge >= 0.3 is 0 Å². The van der Waals surface area contributed by atoms with E-state index in [1.807, 2.05) is 6.92 Å². The van der Waals surface area contributed by atoms with E-state index in [-0.39, 0.29) is 0 Å². The lowest BCUT2D eigenvalue weighted by atomic mass is 10.4. The first-order valence-corrected chi connectivity index (χ1v) is 7.21. The van der Waals surface area contributed by atoms with Gasteiger partial charge in [0.1, 0.15) is 5.82 Å². The molecule has 2 rings (SSSR count). The molecule has 0 aromatic carbocycles. The minimum absolute atomic E-state index is 0.603. The van der Waals surface area contributed by atoms with Crippen LogP contribution in [0.15, 0.2) is 16.0 Å². The van der Waals surface area contributed by atoms with Crippen molar-refractivity contribution in [3.05, 3.63) is 26.8 Å². The SMILES string of the molecule is CNc1ncc(Br)c(NCCc2nc(C)cs2)n1. The fourth-order valence-corrected chi connectivity index (χ4v) is 2.52. The molecule has 0 atom stereocenters. The van der Waals surface area contributed by atoms with Crippen LogP contribution in [0.1, 0.15) is 10.7 Å². The van der Waals surface area contributed by atoms with Crippen LogP contribution in [0.25, 0.3) is 0 Å². The zero-order chi connectivity index (χ0) is 13.0. The van der Waals surface area contributed by atoms with Crippen LogP contribution in [0, 0.1) is 6.92 Å². The lowest BCUT2D eigenvalue weighted by molar-refractivity contribution is 0.971. The average Bonchev–Trinajstić information content (AvgIpc) is 2.77. The summed E-state index contributed by atoms with van der Waals surface area (Å²) in [5.74, 6) is 1.40. The van der Waals surface area contributed by atoms with Crippen molar-refractivity contribution in [3.8, 4) is 0 Å². The predicted molar refractivity (Wildman–Crippen MR) is 78.3 cm³/mol. The van der Waals surface area contributed by atoms with E-state index < -0.39 is 0 Å². The summed E-state index contributed by atoms with van der Waals surface area (Å²) in [6, 6.07) is 0. The number of nitrogens with zero attached hydrogens (tertiary/aromatic N) is 3. The highest BCUT2D eigenvalue weighted by Crippen LogP contribution is 2.20. The Hall–Kier alpha value is -1.21. The van der Waals surface area contributed by atoms with Gasteiger partial charge in [-0.15, -0.1) is 11.3 Å². The highest BCUT2D eigenvalue weighted by molar-refractivity contribution is 9.10. The molecule has 0 fully saturated rings. The summed E-state index contributed by atoms with van der Waals surface area (Å²) in [5.41, 5.74) is 1.08. The molecule has 0 aliphatic rings. The maximum atomic E-state index is 4.42. The van der Waals surface area contributed by atoms with Gasteiger partial charge in [-0.1, -0.05) is 0 Å². The van der Waals surface area contributed by atoms with E-state index >= 15 is 0 Å². The van der Waals surface area contributed by atoms with Crippen molar-refractivity contribution in [1.29, 1.82) is 0 Å². The zero-order valence-electron chi connectivity index (χ0n) is 10.2. The van der Waals surface area contributed by atoms with E-state index in [4.69, 9.17) is 0 Å². The summed E-state index contributed by atoms with van der Waals surface area (Å²) in [7, 11) is 1.80. The smallest absolute Gasteiger partial charge is 0.224 e. The predicted octanol–water partition coefficient (Wildman–Crippen LogP) is 2.70. The molecule has 0 saturated carbocycles. The zero-order valence-corrected chi connectivity index (χ0v) is 12.6. The Morgan fingerprint density at radius 2 is 2.22 bits per heavy atom. The maximum absolute atomic E-state index is 4.42. The summed E-state index contributed by atoms with van der Waals surface area (Å²) in [5, 5.41) is 9.39. The largest absolute Gasteiger partial charge is 0.369 e. The van der Waals surface area contributed by atoms with E-state index in [0.717, 1.165) is 34.0 Å². The lowest BCUT2D eigenvalue weighted by Crippen LogP contribution is -2.08. The number of aromatic nitrogens is 3. The van der Waals surface area contributed by atoms with Gasteiger partial charge in [0, 0.05) is 37.3 Å². The Balaban J connectivity index is 1.93. The Morgan fingerprint density at radius 1 is 1.39 bits per heavy atom. The summed E-state index contributed by atoms with van der Waals surface area (Å²) in [6.07, 6.45) is 2.62. The fraction of sp³-hybridized carbons (Fsp3) is 0.364. The molecule has 0 unspecified atom stereocenters. The van der Waals surface area contributed by atoms with E-state index in [1.165, 1.54) is 0 Å². The van der Waals surface area contributed by atoms with Crippen molar-refractivity contribution >= 4 is 39.0 Å². The fourth-order valence-electron chi connectivity index (χ4n) is 1.42. The molecule has 2 aromatic rings. The summed E-state index contributed by atoms with van der Waals surface area (Å²) in [4.78, 5) is 12.9. The number of halogens is 1. The molecule has 2 N–H and O–H groups in total. The number of anilines is 2. The van der Waals surface area contributed by atoms with Crippen molar-refractivity contribution < 1.29 is 0 Å². The molecule has 2 heterocycles. The van der Waals surface area contributed by atoms with Gasteiger partial charge in [-0.3, -0.25) is 0 Å². The van der Waals surface area contributed by atoms with Crippen LogP contribution in [-0.2, 0) is 6.42 Å². The van der Waals surface area contributed by atoms with Crippen molar-refractivity contribution in [2.24, 2.45) is 0 Å². The minimum Gasteiger partial charge on any atom is -0.369 e. The Labute approximate surface area is 118 Å². The van der Waals surface area contributed by atoms with Crippen LogP contribution in [0.3, 0.4) is 0 Å². The maximum Gasteiger partial charge on any atom is 0.224 e. The third kappa shape index (κ3) is 3.39. The lowest BCUT2D eigenvalue weighted by Gasteiger charge is -2.07. The first kappa shape index (κ1) is 13.2. The molecule has 0 amide bonds. The molecule has 18 heavy (non-hydrogen) atoms. The van der Waals surface area contributed by atoms with Crippen LogP contribution < -0.4 is 10.6 Å². The third-order valence-electron chi connectivity index (χ3n) is 2.27. The molecular formula is C11H14BrN5S. The van der Waals surface area contributed by atoms with Crippen molar-refractivity contribution in [2.75, 3.05) is 24.2 Å². The number of aryl methyl sites for hydroxylation is 1. The summed E-state index contributed by atoms with van der Waals surface area (Å²) < 4.78 is 0.858. The van der Waals surface area contributed by atoms with Crippen LogP contribution in [-0.4, -0.2) is 28.5 Å². The molecule has 0 aliphatic heterocycles. The van der Waals surface area contributed by atoms with Gasteiger partial charge in [0.2, 0.25) is 5.95 Å². The third-order valence-corrected chi connectivity index (χ3v) is 3.87. The first-order valence-electron chi connectivity index (χ1n) is 5.54. The average molecular weight is 328 g/mol. The number of thiazole rings is 1. The number of hydrogen-bond donors (Lipinski definition) is 2. The van der Waals surface area contributed by atoms with Gasteiger partial charge < -0.3 is 10.6 Å². The second-order valence-electron chi connectivity index (χ2n) is 3.70. The van der Waals surface area contributed by atoms with Gasteiger partial charge in [0.05, 0.1) is 9.48 Å². The molecule has 0 spiro atoms. The van der Waals surface area contributed by atoms with E-state index in [2.05, 4.69) is 46.9 Å². The molecule has 0 radical (unpaired) electrons. The first-order chi connectivity index (χ1) is 8.69. The Bertz CT molecular complexity index is 528. The summed E-state index contributed by atoms with van der Waals surface area (Å²) in [6.45, 7) is 2.80. The molecular weight excluding hydrogens is 314 g/mol. The summed E-state index contributed by atoms with van der Waals surface area (Å²) >= 11 is 5.11. The number of hydrogen-bond acceptors (Lipinski definition) is 6. The molecule has 7 heteroatoms. The minimum atomic E-state index is 0.603. The van der Waals surface area contributed by atoms with Crippen molar-refractivity contribution in [2.45, 2.75) is 13.3 Å². The molecule has 0 aliphatic carbocycles. The standard InChI is InChI=1S/C11H14BrN5S/c1-7-6-18-9(16-7)3-4-14-10-8(12)5-15-11(13-2)17-10/h5-6H,3-4H2,1-2H3,(H2,13,14,15,17). The van der Waals surface area contributed by atoms with E-state index in [9.17, 15) is 0 Å². The molecule has 2 aromatic heterocycles. The Kier molecular flexibility index (Phi) is 4.48. The quantitative estimate of drug-likeness (QED) is 0.884. The van der Waals surface area contributed by atoms with Crippen LogP contribution in [0.4, 0.5) is 11.8 Å². The van der Waals surface area contributed by atoms with Gasteiger partial charge in [-0.2, -0.15) is 4.98 Å². The van der Waals surface area contributed by atoms with Crippen molar-refractivity contribution in [3.63, 3.8) is 0 Å². The van der Waals surface area contributed by atoms with Gasteiger partial charge in [0.15, 0.2) is 0 Å². The normalized spacial score (nSPS) is 10.4. The van der Waals surface area contributed by atoms with E-state index in [1.54, 1.807) is 24.6 Å². The van der Waals surface area contributed by atoms with Crippen LogP contribution >= 0.6 is 27.3 Å². The molecule has 0 bridgehead atoms. The van der Waals surface area contributed by atoms with Crippen molar-refractivity contribution in [1.82, 2.24) is 15.0 Å². The number of nitrogens with one attached hydrogen (secondary N) is 2. The monoisotopic (exact) mass is 327 g/mol. The second kappa shape index (κ2) is 6.10. The van der Waals surface area contributed by atoms with Crippen LogP contribution in [0.2, 0.25) is 0 Å². The van der Waals surface area contributed by atoms with E-state index in [0.29, 0.717) is 5.95 Å². The highest BCUT2D eigenvalue weighted by Gasteiger charge is 2.04. The van der Waals surface area contributed by atoms with Crippen LogP contribution in [0.5, 0.6) is 0 Å². The highest BCUT2D eigenvalue weighted by atomic mass is 79.9. The van der Waals surface area contributed by atoms with Gasteiger partial charge in [0.25, 0.3) is 0 Å².